The molecule has 2 fully saturated rings. The number of anilines is 1. The van der Waals surface area contributed by atoms with E-state index in [4.69, 9.17) is 11.0 Å². The average molecular weight is 634 g/mol. The first kappa shape index (κ1) is 24.4. The number of likely N-dealkylation sites (N-methyl/N-ethyl adjacent to an activating group) is 1. The molecule has 1 aromatic carbocycles. The van der Waals surface area contributed by atoms with E-state index in [9.17, 15) is 19.2 Å². The highest BCUT2D eigenvalue weighted by Crippen LogP contribution is 2.32. The van der Waals surface area contributed by atoms with Gasteiger partial charge in [0.25, 0.3) is 5.91 Å². The number of rotatable bonds is 11. The second-order valence-electron chi connectivity index (χ2n) is 11.6. The van der Waals surface area contributed by atoms with E-state index in [-0.39, 0.29) is 39.1 Å². The van der Waals surface area contributed by atoms with Gasteiger partial charge in [0.15, 0.2) is 0 Å². The minimum atomic E-state index is -3.44. The Hall–Kier alpha value is -3.80. The molecule has 0 radical (unpaired) electrons. The van der Waals surface area contributed by atoms with Crippen molar-refractivity contribution in [1.82, 2.24) is 30.2 Å². The van der Waals surface area contributed by atoms with Crippen molar-refractivity contribution in [2.45, 2.75) is 84.3 Å². The molecule has 4 amide bonds. The second kappa shape index (κ2) is 15.5. The standard InChI is InChI=1S/C33H48FN7O4/c1-6-28(42)37-29(33(45)40-18-16-39(5)17-19-40)22(4)24-12-13-26(25(34)20-24)36-32(44)30(23-10-8-21(3)9-11-23)38-31(43)27-14-15-35-41(27)7-2/h12-15,20-23,29-30H,6-11,16-19H2,1-5H3,(H,36,44)(H,37,42)(H,38,43)/t21?,22-,23?,29+,30-/m0/s1/i16D2,17D2,18D2,19D2. The minimum Gasteiger partial charge on any atom is -0.344 e. The first-order valence-corrected chi connectivity index (χ1v) is 15.3. The number of carbonyl (C=O) groups is 4. The number of aryl methyl sites for hydroxylation is 1. The molecular formula is C33H48FN7O4. The topological polar surface area (TPSA) is 129 Å². The van der Waals surface area contributed by atoms with Crippen molar-refractivity contribution in [3.05, 3.63) is 47.5 Å². The zero-order valence-corrected chi connectivity index (χ0v) is 26.3. The summed E-state index contributed by atoms with van der Waals surface area (Å²) in [5.41, 5.74) is 0.0836. The van der Waals surface area contributed by atoms with Gasteiger partial charge in [-0.2, -0.15) is 5.10 Å². The molecule has 1 aromatic heterocycles. The Morgan fingerprint density at radius 3 is 2.36 bits per heavy atom. The zero-order valence-electron chi connectivity index (χ0n) is 34.3. The van der Waals surface area contributed by atoms with Gasteiger partial charge in [-0.15, -0.1) is 0 Å². The molecule has 1 saturated heterocycles. The number of hydrogen-bond acceptors (Lipinski definition) is 6. The van der Waals surface area contributed by atoms with Crippen molar-refractivity contribution < 1.29 is 34.5 Å². The maximum absolute atomic E-state index is 15.8. The van der Waals surface area contributed by atoms with Crippen LogP contribution in [0.25, 0.3) is 0 Å². The fourth-order valence-electron chi connectivity index (χ4n) is 5.56. The first-order chi connectivity index (χ1) is 24.5. The zero-order chi connectivity index (χ0) is 39.8. The van der Waals surface area contributed by atoms with E-state index in [1.807, 2.05) is 6.92 Å². The molecule has 4 rings (SSSR count). The number of amides is 4. The molecule has 3 atom stereocenters. The Morgan fingerprint density at radius 1 is 1.04 bits per heavy atom. The summed E-state index contributed by atoms with van der Waals surface area (Å²) in [6.45, 7) is -6.13. The molecule has 0 unspecified atom stereocenters. The van der Waals surface area contributed by atoms with Gasteiger partial charge in [0.2, 0.25) is 17.7 Å². The van der Waals surface area contributed by atoms with Crippen LogP contribution >= 0.6 is 0 Å². The predicted octanol–water partition coefficient (Wildman–Crippen LogP) is 3.38. The molecule has 2 aliphatic rings. The minimum absolute atomic E-state index is 0.0653. The number of nitrogens with zero attached hydrogens (tertiary/aromatic N) is 4. The van der Waals surface area contributed by atoms with Crippen molar-refractivity contribution in [2.75, 3.05) is 38.4 Å². The van der Waals surface area contributed by atoms with Crippen LogP contribution in [0.3, 0.4) is 0 Å². The third kappa shape index (κ3) is 8.47. The van der Waals surface area contributed by atoms with Gasteiger partial charge in [-0.25, -0.2) is 4.39 Å². The van der Waals surface area contributed by atoms with Crippen molar-refractivity contribution in [2.24, 2.45) is 11.8 Å². The Balaban J connectivity index is 1.64. The summed E-state index contributed by atoms with van der Waals surface area (Å²) in [5, 5.41) is 11.9. The molecule has 1 aliphatic heterocycles. The molecule has 1 saturated carbocycles. The van der Waals surface area contributed by atoms with Crippen LogP contribution in [0.2, 0.25) is 0 Å². The molecule has 246 valence electrons. The number of aromatic nitrogens is 2. The molecule has 2 aromatic rings. The van der Waals surface area contributed by atoms with Crippen LogP contribution in [0.4, 0.5) is 10.1 Å². The summed E-state index contributed by atoms with van der Waals surface area (Å²) in [6, 6.07) is 2.29. The van der Waals surface area contributed by atoms with Gasteiger partial charge in [0.05, 0.1) is 11.2 Å². The predicted molar refractivity (Wildman–Crippen MR) is 170 cm³/mol. The van der Waals surface area contributed by atoms with Gasteiger partial charge in [0.1, 0.15) is 23.6 Å². The quantitative estimate of drug-likeness (QED) is 0.348. The van der Waals surface area contributed by atoms with Crippen LogP contribution in [0.5, 0.6) is 0 Å². The van der Waals surface area contributed by atoms with Gasteiger partial charge < -0.3 is 25.8 Å². The van der Waals surface area contributed by atoms with E-state index in [2.05, 4.69) is 28.0 Å². The van der Waals surface area contributed by atoms with Gasteiger partial charge in [-0.1, -0.05) is 39.7 Å². The fourth-order valence-corrected chi connectivity index (χ4v) is 5.56. The summed E-state index contributed by atoms with van der Waals surface area (Å²) in [6.07, 6.45) is 4.34. The number of benzene rings is 1. The molecular weight excluding hydrogens is 577 g/mol. The number of hydrogen-bond donors (Lipinski definition) is 3. The SMILES string of the molecule is [2H]C1([2H])N(C)C([2H])([2H])C([2H])([2H])N(C(=O)[C@H](NC(=O)CC)[C@@H](C)c2ccc(NC(=O)[C@@H](NC(=O)c3ccnn3CC)C3CCC(C)CC3)c(F)c2)C1([2H])[2H]. The molecule has 0 bridgehead atoms. The number of carbonyl (C=O) groups excluding carboxylic acids is 4. The maximum Gasteiger partial charge on any atom is 0.270 e. The molecule has 1 aliphatic carbocycles. The largest absolute Gasteiger partial charge is 0.344 e. The molecule has 45 heavy (non-hydrogen) atoms. The van der Waals surface area contributed by atoms with E-state index in [0.29, 0.717) is 25.3 Å². The van der Waals surface area contributed by atoms with Crippen molar-refractivity contribution in [1.29, 1.82) is 0 Å². The maximum atomic E-state index is 15.8. The van der Waals surface area contributed by atoms with Crippen molar-refractivity contribution >= 4 is 29.3 Å². The van der Waals surface area contributed by atoms with Gasteiger partial charge >= 0.3 is 0 Å². The Bertz CT molecular complexity index is 1670. The fraction of sp³-hybridized carbons (Fsp3) is 0.606. The summed E-state index contributed by atoms with van der Waals surface area (Å²) >= 11 is 0. The Morgan fingerprint density at radius 2 is 1.73 bits per heavy atom. The smallest absolute Gasteiger partial charge is 0.270 e. The molecule has 0 spiro atoms. The molecule has 2 heterocycles. The van der Waals surface area contributed by atoms with Gasteiger partial charge in [-0.3, -0.25) is 23.9 Å². The Labute approximate surface area is 276 Å². The first-order valence-electron chi connectivity index (χ1n) is 19.3. The molecule has 12 heteroatoms. The monoisotopic (exact) mass is 633 g/mol. The van der Waals surface area contributed by atoms with Gasteiger partial charge in [-0.05, 0) is 62.4 Å². The lowest BCUT2D eigenvalue weighted by molar-refractivity contribution is -0.138. The van der Waals surface area contributed by atoms with Crippen LogP contribution in [-0.4, -0.2) is 88.3 Å². The lowest BCUT2D eigenvalue weighted by atomic mass is 9.79. The highest BCUT2D eigenvalue weighted by atomic mass is 19.1. The van der Waals surface area contributed by atoms with Crippen LogP contribution < -0.4 is 16.0 Å². The number of nitrogens with one attached hydrogen (secondary N) is 3. The lowest BCUT2D eigenvalue weighted by Crippen LogP contribution is -2.55. The van der Waals surface area contributed by atoms with E-state index in [1.165, 1.54) is 42.9 Å². The molecule has 11 nitrogen and oxygen atoms in total. The normalized spacial score (nSPS) is 28.1. The van der Waals surface area contributed by atoms with Crippen LogP contribution in [0.15, 0.2) is 30.5 Å². The number of halogens is 1. The van der Waals surface area contributed by atoms with E-state index < -0.39 is 73.4 Å². The second-order valence-corrected chi connectivity index (χ2v) is 11.6. The van der Waals surface area contributed by atoms with Crippen LogP contribution in [0, 0.1) is 17.7 Å². The van der Waals surface area contributed by atoms with E-state index >= 15 is 4.39 Å². The highest BCUT2D eigenvalue weighted by Gasteiger charge is 2.35. The highest BCUT2D eigenvalue weighted by molar-refractivity contribution is 6.00. The third-order valence-electron chi connectivity index (χ3n) is 8.41. The van der Waals surface area contributed by atoms with Crippen molar-refractivity contribution in [3.8, 4) is 0 Å². The summed E-state index contributed by atoms with van der Waals surface area (Å²) in [5.74, 6) is -5.25. The third-order valence-corrected chi connectivity index (χ3v) is 8.41. The van der Waals surface area contributed by atoms with E-state index in [0.717, 1.165) is 26.0 Å². The van der Waals surface area contributed by atoms with E-state index in [1.54, 1.807) is 0 Å². The van der Waals surface area contributed by atoms with Crippen LogP contribution in [0.1, 0.15) is 92.7 Å². The summed E-state index contributed by atoms with van der Waals surface area (Å²) in [7, 11) is 0.855. The number of piperazine rings is 1. The lowest BCUT2D eigenvalue weighted by Gasteiger charge is -2.36. The Kier molecular flexibility index (Phi) is 8.40. The van der Waals surface area contributed by atoms with Crippen LogP contribution in [-0.2, 0) is 20.9 Å². The van der Waals surface area contributed by atoms with Crippen molar-refractivity contribution in [3.63, 3.8) is 0 Å². The summed E-state index contributed by atoms with van der Waals surface area (Å²) < 4.78 is 84.5. The summed E-state index contributed by atoms with van der Waals surface area (Å²) in [4.78, 5) is 53.9. The van der Waals surface area contributed by atoms with Gasteiger partial charge in [0, 0.05) is 56.6 Å². The molecule has 3 N–H and O–H groups in total. The average Bonchev–Trinajstić information content (AvgIpc) is 3.58.